The van der Waals surface area contributed by atoms with Gasteiger partial charge in [0, 0.05) is 37.9 Å². The van der Waals surface area contributed by atoms with Crippen LogP contribution in [0.1, 0.15) is 53.6 Å². The van der Waals surface area contributed by atoms with E-state index < -0.39 is 28.1 Å². The summed E-state index contributed by atoms with van der Waals surface area (Å²) < 4.78 is 60.2. The van der Waals surface area contributed by atoms with Crippen molar-refractivity contribution in [1.82, 2.24) is 4.90 Å². The SMILES string of the molecule is Cc1ccc(C)c(S(=O)(=O)Nc2ccc(N3CCN(C4CCCCC4)CC3)cc2C(=O)O)c1.O=C(O)C(F)(F)F. The number of aryl methyl sites for hydroxylation is 2. The van der Waals surface area contributed by atoms with Gasteiger partial charge < -0.3 is 15.1 Å². The minimum atomic E-state index is -5.08. The van der Waals surface area contributed by atoms with Gasteiger partial charge in [-0.05, 0) is 62.1 Å². The minimum absolute atomic E-state index is 0.0453. The van der Waals surface area contributed by atoms with E-state index in [1.54, 1.807) is 31.2 Å². The van der Waals surface area contributed by atoms with Crippen molar-refractivity contribution >= 4 is 33.3 Å². The Hall–Kier alpha value is -3.32. The van der Waals surface area contributed by atoms with Gasteiger partial charge in [-0.3, -0.25) is 9.62 Å². The van der Waals surface area contributed by atoms with Crippen molar-refractivity contribution in [3.63, 3.8) is 0 Å². The summed E-state index contributed by atoms with van der Waals surface area (Å²) in [5, 5.41) is 16.9. The molecule has 0 aromatic heterocycles. The topological polar surface area (TPSA) is 127 Å². The number of alkyl halides is 3. The van der Waals surface area contributed by atoms with Crippen molar-refractivity contribution < 1.29 is 41.4 Å². The van der Waals surface area contributed by atoms with E-state index in [0.29, 0.717) is 11.6 Å². The smallest absolute Gasteiger partial charge is 0.478 e. The van der Waals surface area contributed by atoms with Gasteiger partial charge in [0.1, 0.15) is 0 Å². The van der Waals surface area contributed by atoms with Gasteiger partial charge in [0.25, 0.3) is 10.0 Å². The Morgan fingerprint density at radius 1 is 0.925 bits per heavy atom. The Bertz CT molecular complexity index is 1320. The summed E-state index contributed by atoms with van der Waals surface area (Å²) in [4.78, 5) is 25.8. The molecule has 4 rings (SSSR count). The molecule has 2 aromatic rings. The number of sulfonamides is 1. The quantitative estimate of drug-likeness (QED) is 0.438. The fraction of sp³-hybridized carbons (Fsp3) is 0.481. The molecule has 9 nitrogen and oxygen atoms in total. The van der Waals surface area contributed by atoms with Crippen LogP contribution in [0.25, 0.3) is 0 Å². The monoisotopic (exact) mass is 585 g/mol. The molecule has 0 unspecified atom stereocenters. The van der Waals surface area contributed by atoms with Crippen molar-refractivity contribution in [3.8, 4) is 0 Å². The zero-order valence-electron chi connectivity index (χ0n) is 22.4. The molecule has 1 aliphatic carbocycles. The molecule has 0 amide bonds. The zero-order chi connectivity index (χ0) is 29.7. The van der Waals surface area contributed by atoms with Gasteiger partial charge in [-0.1, -0.05) is 31.4 Å². The number of carbonyl (C=O) groups is 2. The first-order chi connectivity index (χ1) is 18.7. The summed E-state index contributed by atoms with van der Waals surface area (Å²) in [5.41, 5.74) is 2.27. The third kappa shape index (κ3) is 8.10. The Morgan fingerprint density at radius 3 is 2.08 bits per heavy atom. The Balaban J connectivity index is 0.000000559. The molecule has 0 spiro atoms. The molecular formula is C27H34F3N3O6S. The van der Waals surface area contributed by atoms with Gasteiger partial charge >= 0.3 is 18.1 Å². The number of aliphatic carboxylic acids is 1. The lowest BCUT2D eigenvalue weighted by Gasteiger charge is -2.41. The maximum Gasteiger partial charge on any atom is 0.490 e. The first-order valence-electron chi connectivity index (χ1n) is 13.0. The van der Waals surface area contributed by atoms with Gasteiger partial charge in [0.15, 0.2) is 0 Å². The summed E-state index contributed by atoms with van der Waals surface area (Å²) in [6, 6.07) is 10.8. The van der Waals surface area contributed by atoms with E-state index in [-0.39, 0.29) is 16.1 Å². The van der Waals surface area contributed by atoms with Crippen LogP contribution in [0.15, 0.2) is 41.3 Å². The number of hydrogen-bond donors (Lipinski definition) is 3. The van der Waals surface area contributed by atoms with Crippen LogP contribution in [0.2, 0.25) is 0 Å². The predicted molar refractivity (Wildman–Crippen MR) is 144 cm³/mol. The highest BCUT2D eigenvalue weighted by Gasteiger charge is 2.38. The van der Waals surface area contributed by atoms with Crippen LogP contribution in [-0.2, 0) is 14.8 Å². The molecule has 2 aliphatic rings. The highest BCUT2D eigenvalue weighted by Crippen LogP contribution is 2.29. The number of piperazine rings is 1. The zero-order valence-corrected chi connectivity index (χ0v) is 23.2. The lowest BCUT2D eigenvalue weighted by molar-refractivity contribution is -0.192. The molecular weight excluding hydrogens is 551 g/mol. The molecule has 2 fully saturated rings. The Morgan fingerprint density at radius 2 is 1.52 bits per heavy atom. The summed E-state index contributed by atoms with van der Waals surface area (Å²) in [7, 11) is -3.91. The van der Waals surface area contributed by atoms with Crippen LogP contribution in [0.4, 0.5) is 24.5 Å². The molecule has 2 aromatic carbocycles. The number of carboxylic acids is 2. The van der Waals surface area contributed by atoms with Crippen LogP contribution in [-0.4, -0.2) is 73.9 Å². The lowest BCUT2D eigenvalue weighted by atomic mass is 9.94. The van der Waals surface area contributed by atoms with Gasteiger partial charge in [-0.15, -0.1) is 0 Å². The van der Waals surface area contributed by atoms with Gasteiger partial charge in [-0.2, -0.15) is 13.2 Å². The summed E-state index contributed by atoms with van der Waals surface area (Å²) >= 11 is 0. The highest BCUT2D eigenvalue weighted by molar-refractivity contribution is 7.92. The van der Waals surface area contributed by atoms with E-state index in [1.165, 1.54) is 32.1 Å². The molecule has 0 bridgehead atoms. The minimum Gasteiger partial charge on any atom is -0.478 e. The molecule has 220 valence electrons. The molecule has 1 saturated carbocycles. The normalized spacial score (nSPS) is 17.1. The van der Waals surface area contributed by atoms with Crippen LogP contribution in [0.5, 0.6) is 0 Å². The predicted octanol–water partition coefficient (Wildman–Crippen LogP) is 4.89. The van der Waals surface area contributed by atoms with E-state index >= 15 is 0 Å². The third-order valence-corrected chi connectivity index (χ3v) is 8.63. The fourth-order valence-electron chi connectivity index (χ4n) is 4.98. The molecule has 0 atom stereocenters. The number of nitrogens with zero attached hydrogens (tertiary/aromatic N) is 2. The lowest BCUT2D eigenvalue weighted by Crippen LogP contribution is -2.50. The second-order valence-corrected chi connectivity index (χ2v) is 11.7. The number of carboxylic acid groups (broad SMARTS) is 2. The first-order valence-corrected chi connectivity index (χ1v) is 14.4. The largest absolute Gasteiger partial charge is 0.490 e. The van der Waals surface area contributed by atoms with Crippen molar-refractivity contribution in [3.05, 3.63) is 53.1 Å². The second-order valence-electron chi connectivity index (χ2n) is 10.0. The average Bonchev–Trinajstić information content (AvgIpc) is 2.90. The number of aromatic carboxylic acids is 1. The van der Waals surface area contributed by atoms with E-state index in [1.807, 2.05) is 19.1 Å². The van der Waals surface area contributed by atoms with E-state index in [0.717, 1.165) is 37.4 Å². The fourth-order valence-corrected chi connectivity index (χ4v) is 6.39. The number of halogens is 3. The molecule has 3 N–H and O–H groups in total. The van der Waals surface area contributed by atoms with Crippen molar-refractivity contribution in [2.75, 3.05) is 35.8 Å². The second kappa shape index (κ2) is 12.9. The number of anilines is 2. The molecule has 1 aliphatic heterocycles. The van der Waals surface area contributed by atoms with Gasteiger partial charge in [-0.25, -0.2) is 18.0 Å². The van der Waals surface area contributed by atoms with Gasteiger partial charge in [0.05, 0.1) is 16.1 Å². The number of nitrogens with one attached hydrogen (secondary N) is 1. The molecule has 13 heteroatoms. The number of benzene rings is 2. The van der Waals surface area contributed by atoms with Crippen molar-refractivity contribution in [2.24, 2.45) is 0 Å². The van der Waals surface area contributed by atoms with E-state index in [4.69, 9.17) is 9.90 Å². The number of hydrogen-bond acceptors (Lipinski definition) is 6. The summed E-state index contributed by atoms with van der Waals surface area (Å²) in [6.07, 6.45) is 1.43. The van der Waals surface area contributed by atoms with Crippen molar-refractivity contribution in [2.45, 2.75) is 63.1 Å². The molecule has 0 radical (unpaired) electrons. The van der Waals surface area contributed by atoms with Crippen LogP contribution >= 0.6 is 0 Å². The maximum atomic E-state index is 13.0. The third-order valence-electron chi connectivity index (χ3n) is 7.12. The first kappa shape index (κ1) is 31.2. The van der Waals surface area contributed by atoms with Crippen LogP contribution in [0.3, 0.4) is 0 Å². The standard InChI is InChI=1S/C25H33N3O4S.C2HF3O2/c1-18-8-9-19(2)24(16-18)33(31,32)26-23-11-10-21(17-22(23)25(29)30)28-14-12-27(13-15-28)20-6-4-3-5-7-20;3-2(4,5)1(6)7/h8-11,16-17,20,26H,3-7,12-15H2,1-2H3,(H,29,30);(H,6,7). The van der Waals surface area contributed by atoms with Gasteiger partial charge in [0.2, 0.25) is 0 Å². The Kier molecular flexibility index (Phi) is 10.1. The maximum absolute atomic E-state index is 13.0. The van der Waals surface area contributed by atoms with E-state index in [9.17, 15) is 31.5 Å². The Labute approximate surface area is 231 Å². The highest BCUT2D eigenvalue weighted by atomic mass is 32.2. The number of rotatable bonds is 6. The summed E-state index contributed by atoms with van der Waals surface area (Å²) in [5.74, 6) is -3.91. The molecule has 1 saturated heterocycles. The average molecular weight is 586 g/mol. The van der Waals surface area contributed by atoms with Crippen LogP contribution in [0, 0.1) is 13.8 Å². The van der Waals surface area contributed by atoms with Crippen LogP contribution < -0.4 is 9.62 Å². The molecule has 1 heterocycles. The molecule has 40 heavy (non-hydrogen) atoms. The van der Waals surface area contributed by atoms with Crippen molar-refractivity contribution in [1.29, 1.82) is 0 Å². The van der Waals surface area contributed by atoms with E-state index in [2.05, 4.69) is 14.5 Å². The summed E-state index contributed by atoms with van der Waals surface area (Å²) in [6.45, 7) is 7.15.